The number of nitrogens with one attached hydrogen (secondary N) is 1. The van der Waals surface area contributed by atoms with Crippen LogP contribution in [-0.4, -0.2) is 8.42 Å². The van der Waals surface area contributed by atoms with Crippen LogP contribution >= 0.6 is 11.3 Å². The molecule has 1 unspecified atom stereocenters. The first-order valence-corrected chi connectivity index (χ1v) is 8.65. The smallest absolute Gasteiger partial charge is 0.246 e. The van der Waals surface area contributed by atoms with E-state index in [0.717, 1.165) is 21.4 Å². The highest BCUT2D eigenvalue weighted by Crippen LogP contribution is 2.28. The van der Waals surface area contributed by atoms with Crippen LogP contribution in [0.3, 0.4) is 0 Å². The lowest BCUT2D eigenvalue weighted by molar-refractivity contribution is 0.548. The molecular weight excluding hydrogens is 311 g/mol. The Hall–Kier alpha value is -1.44. The number of hydrogen-bond donors (Lipinski definition) is 2. The highest BCUT2D eigenvalue weighted by molar-refractivity contribution is 7.89. The molecule has 0 bridgehead atoms. The van der Waals surface area contributed by atoms with Crippen LogP contribution < -0.4 is 10.5 Å². The summed E-state index contributed by atoms with van der Waals surface area (Å²) in [4.78, 5) is 1.63. The molecule has 3 N–H and O–H groups in total. The van der Waals surface area contributed by atoms with Gasteiger partial charge in [-0.15, -0.1) is 11.3 Å². The zero-order valence-electron chi connectivity index (χ0n) is 12.0. The lowest BCUT2D eigenvalue weighted by Gasteiger charge is -2.15. The minimum atomic E-state index is -4.02. The van der Waals surface area contributed by atoms with E-state index in [9.17, 15) is 12.8 Å². The summed E-state index contributed by atoms with van der Waals surface area (Å²) in [6.45, 7) is 5.61. The molecule has 0 amide bonds. The maximum absolute atomic E-state index is 13.8. The quantitative estimate of drug-likeness (QED) is 0.847. The Kier molecular flexibility index (Phi) is 4.36. The fourth-order valence-corrected chi connectivity index (χ4v) is 4.68. The molecule has 0 saturated carbocycles. The minimum Gasteiger partial charge on any atom is -0.398 e. The molecule has 0 aliphatic rings. The largest absolute Gasteiger partial charge is 0.398 e. The molecule has 2 aromatic rings. The summed E-state index contributed by atoms with van der Waals surface area (Å²) in [7, 11) is -4.02. The van der Waals surface area contributed by atoms with Crippen molar-refractivity contribution in [3.8, 4) is 0 Å². The topological polar surface area (TPSA) is 72.2 Å². The predicted molar refractivity (Wildman–Crippen MR) is 83.3 cm³/mol. The fraction of sp³-hybridized carbons (Fsp3) is 0.286. The molecule has 2 rings (SSSR count). The van der Waals surface area contributed by atoms with Gasteiger partial charge in [0.25, 0.3) is 0 Å². The van der Waals surface area contributed by atoms with Crippen molar-refractivity contribution in [2.24, 2.45) is 0 Å². The molecule has 0 saturated heterocycles. The molecule has 1 heterocycles. The van der Waals surface area contributed by atoms with E-state index in [-0.39, 0.29) is 5.69 Å². The van der Waals surface area contributed by atoms with Crippen molar-refractivity contribution in [3.63, 3.8) is 0 Å². The standard InChI is InChI=1S/C14H17FN2O2S2/c1-8-7-11(10(3)20-8)9(2)17-21(18,19)14-12(15)5-4-6-13(14)16/h4-7,9,17H,16H2,1-3H3. The number of nitrogens with two attached hydrogens (primary N) is 1. The molecular formula is C14H17FN2O2S2. The van der Waals surface area contributed by atoms with E-state index in [0.29, 0.717) is 0 Å². The second-order valence-corrected chi connectivity index (χ2v) is 7.98. The lowest BCUT2D eigenvalue weighted by atomic mass is 10.1. The van der Waals surface area contributed by atoms with Crippen LogP contribution in [0.15, 0.2) is 29.2 Å². The summed E-state index contributed by atoms with van der Waals surface area (Å²) >= 11 is 1.59. The van der Waals surface area contributed by atoms with E-state index >= 15 is 0 Å². The van der Waals surface area contributed by atoms with Crippen molar-refractivity contribution in [1.82, 2.24) is 4.72 Å². The zero-order valence-corrected chi connectivity index (χ0v) is 13.6. The van der Waals surface area contributed by atoms with Crippen molar-refractivity contribution >= 4 is 27.0 Å². The Morgan fingerprint density at radius 3 is 2.52 bits per heavy atom. The van der Waals surface area contributed by atoms with Gasteiger partial charge >= 0.3 is 0 Å². The van der Waals surface area contributed by atoms with E-state index in [4.69, 9.17) is 5.73 Å². The number of thiophene rings is 1. The molecule has 1 aromatic heterocycles. The highest BCUT2D eigenvalue weighted by atomic mass is 32.2. The zero-order chi connectivity index (χ0) is 15.8. The fourth-order valence-electron chi connectivity index (χ4n) is 2.24. The lowest BCUT2D eigenvalue weighted by Crippen LogP contribution is -2.28. The molecule has 21 heavy (non-hydrogen) atoms. The minimum absolute atomic E-state index is 0.104. The molecule has 0 spiro atoms. The number of halogens is 1. The number of aryl methyl sites for hydroxylation is 2. The number of rotatable bonds is 4. The number of nitrogen functional groups attached to an aromatic ring is 1. The summed E-state index contributed by atoms with van der Waals surface area (Å²) in [5, 5.41) is 0. The normalized spacial score (nSPS) is 13.3. The van der Waals surface area contributed by atoms with Gasteiger partial charge < -0.3 is 5.73 Å². The first-order chi connectivity index (χ1) is 9.72. The van der Waals surface area contributed by atoms with Crippen molar-refractivity contribution in [3.05, 3.63) is 45.4 Å². The van der Waals surface area contributed by atoms with Crippen molar-refractivity contribution < 1.29 is 12.8 Å². The van der Waals surface area contributed by atoms with Crippen molar-refractivity contribution in [1.29, 1.82) is 0 Å². The van der Waals surface area contributed by atoms with E-state index < -0.39 is 26.8 Å². The molecule has 7 heteroatoms. The third-order valence-electron chi connectivity index (χ3n) is 3.14. The summed E-state index contributed by atoms with van der Waals surface area (Å²) in [6, 6.07) is 5.29. The van der Waals surface area contributed by atoms with Crippen LogP contribution in [0.2, 0.25) is 0 Å². The van der Waals surface area contributed by atoms with Gasteiger partial charge in [-0.1, -0.05) is 6.07 Å². The number of sulfonamides is 1. The van der Waals surface area contributed by atoms with Crippen LogP contribution in [0.4, 0.5) is 10.1 Å². The van der Waals surface area contributed by atoms with Gasteiger partial charge in [0.2, 0.25) is 10.0 Å². The Bertz CT molecular complexity index is 749. The summed E-state index contributed by atoms with van der Waals surface area (Å²) < 4.78 is 41.0. The first-order valence-electron chi connectivity index (χ1n) is 6.35. The Morgan fingerprint density at radius 1 is 1.33 bits per heavy atom. The highest BCUT2D eigenvalue weighted by Gasteiger charge is 2.25. The second kappa shape index (κ2) is 5.75. The van der Waals surface area contributed by atoms with E-state index in [1.165, 1.54) is 12.1 Å². The summed E-state index contributed by atoms with van der Waals surface area (Å²) in [5.74, 6) is -0.854. The van der Waals surface area contributed by atoms with Crippen LogP contribution in [-0.2, 0) is 10.0 Å². The molecule has 0 radical (unpaired) electrons. The Morgan fingerprint density at radius 2 is 2.00 bits per heavy atom. The van der Waals surface area contributed by atoms with E-state index in [1.807, 2.05) is 19.9 Å². The average molecular weight is 328 g/mol. The third kappa shape index (κ3) is 3.25. The monoisotopic (exact) mass is 328 g/mol. The van der Waals surface area contributed by atoms with Crippen molar-refractivity contribution in [2.75, 3.05) is 5.73 Å². The number of hydrogen-bond acceptors (Lipinski definition) is 4. The van der Waals surface area contributed by atoms with Gasteiger partial charge in [0.05, 0.1) is 5.69 Å². The van der Waals surface area contributed by atoms with Gasteiger partial charge in [0, 0.05) is 15.8 Å². The van der Waals surface area contributed by atoms with Gasteiger partial charge in [-0.25, -0.2) is 17.5 Å². The van der Waals surface area contributed by atoms with E-state index in [2.05, 4.69) is 4.72 Å². The van der Waals surface area contributed by atoms with Gasteiger partial charge in [-0.05, 0) is 44.5 Å². The van der Waals surface area contributed by atoms with Gasteiger partial charge in [0.15, 0.2) is 0 Å². The SMILES string of the molecule is Cc1cc(C(C)NS(=O)(=O)c2c(N)cccc2F)c(C)s1. The molecule has 114 valence electrons. The molecule has 0 aliphatic heterocycles. The van der Waals surface area contributed by atoms with Crippen LogP contribution in [0, 0.1) is 19.7 Å². The van der Waals surface area contributed by atoms with Crippen LogP contribution in [0.25, 0.3) is 0 Å². The molecule has 0 fully saturated rings. The van der Waals surface area contributed by atoms with Gasteiger partial charge in [-0.3, -0.25) is 0 Å². The van der Waals surface area contributed by atoms with Gasteiger partial charge in [0.1, 0.15) is 10.7 Å². The van der Waals surface area contributed by atoms with Crippen LogP contribution in [0.1, 0.15) is 28.3 Å². The molecule has 4 nitrogen and oxygen atoms in total. The number of benzene rings is 1. The van der Waals surface area contributed by atoms with Crippen molar-refractivity contribution in [2.45, 2.75) is 31.7 Å². The Labute approximate surface area is 127 Å². The number of anilines is 1. The predicted octanol–water partition coefficient (Wildman–Crippen LogP) is 3.13. The maximum atomic E-state index is 13.8. The van der Waals surface area contributed by atoms with Gasteiger partial charge in [-0.2, -0.15) is 0 Å². The van der Waals surface area contributed by atoms with Crippen LogP contribution in [0.5, 0.6) is 0 Å². The first kappa shape index (κ1) is 15.9. The molecule has 1 aromatic carbocycles. The third-order valence-corrected chi connectivity index (χ3v) is 5.76. The average Bonchev–Trinajstić information content (AvgIpc) is 2.67. The maximum Gasteiger partial charge on any atom is 0.246 e. The molecule has 0 aliphatic carbocycles. The summed E-state index contributed by atoms with van der Waals surface area (Å²) in [5.41, 5.74) is 6.38. The Balaban J connectivity index is 2.36. The summed E-state index contributed by atoms with van der Waals surface area (Å²) in [6.07, 6.45) is 0. The van der Waals surface area contributed by atoms with E-state index in [1.54, 1.807) is 18.3 Å². The second-order valence-electron chi connectivity index (χ2n) is 4.87. The molecule has 1 atom stereocenters.